The lowest BCUT2D eigenvalue weighted by molar-refractivity contribution is -0.116. The zero-order valence-electron chi connectivity index (χ0n) is 14.4. The summed E-state index contributed by atoms with van der Waals surface area (Å²) < 4.78 is 25.4. The normalized spacial score (nSPS) is 11.2. The van der Waals surface area contributed by atoms with Gasteiger partial charge in [0.15, 0.2) is 0 Å². The van der Waals surface area contributed by atoms with Gasteiger partial charge >= 0.3 is 0 Å². The van der Waals surface area contributed by atoms with Crippen LogP contribution in [-0.2, 0) is 14.8 Å². The van der Waals surface area contributed by atoms with E-state index in [1.165, 1.54) is 4.31 Å². The van der Waals surface area contributed by atoms with Crippen LogP contribution in [0, 0.1) is 13.8 Å². The first-order valence-corrected chi connectivity index (χ1v) is 10.00. The Bertz CT molecular complexity index is 864. The minimum atomic E-state index is -3.53. The molecule has 0 saturated heterocycles. The van der Waals surface area contributed by atoms with Crippen molar-refractivity contribution in [1.82, 2.24) is 0 Å². The fourth-order valence-electron chi connectivity index (χ4n) is 2.29. The quantitative estimate of drug-likeness (QED) is 0.829. The van der Waals surface area contributed by atoms with E-state index in [0.717, 1.165) is 17.4 Å². The Labute approximate surface area is 153 Å². The highest BCUT2D eigenvalue weighted by atomic mass is 35.5. The number of hydrogen-bond acceptors (Lipinski definition) is 3. The zero-order chi connectivity index (χ0) is 18.6. The Morgan fingerprint density at radius 2 is 1.76 bits per heavy atom. The second-order valence-electron chi connectivity index (χ2n) is 5.93. The summed E-state index contributed by atoms with van der Waals surface area (Å²) in [6, 6.07) is 12.4. The van der Waals surface area contributed by atoms with E-state index in [0.29, 0.717) is 16.4 Å². The van der Waals surface area contributed by atoms with E-state index in [-0.39, 0.29) is 18.9 Å². The van der Waals surface area contributed by atoms with E-state index in [1.54, 1.807) is 30.3 Å². The number of amides is 1. The highest BCUT2D eigenvalue weighted by molar-refractivity contribution is 7.92. The van der Waals surface area contributed by atoms with Crippen LogP contribution in [0.4, 0.5) is 11.4 Å². The van der Waals surface area contributed by atoms with Crippen molar-refractivity contribution in [3.8, 4) is 0 Å². The third-order valence-corrected chi connectivity index (χ3v) is 5.32. The predicted octanol–water partition coefficient (Wildman–Crippen LogP) is 3.75. The maximum atomic E-state index is 12.1. The van der Waals surface area contributed by atoms with Crippen molar-refractivity contribution in [3.05, 3.63) is 58.6 Å². The average Bonchev–Trinajstić information content (AvgIpc) is 2.52. The maximum Gasteiger partial charge on any atom is 0.232 e. The number of carbonyl (C=O) groups is 1. The number of anilines is 2. The van der Waals surface area contributed by atoms with Gasteiger partial charge in [-0.2, -0.15) is 0 Å². The zero-order valence-corrected chi connectivity index (χ0v) is 16.0. The molecule has 0 spiro atoms. The molecule has 0 radical (unpaired) electrons. The highest BCUT2D eigenvalue weighted by Gasteiger charge is 2.19. The number of benzene rings is 2. The molecule has 2 aromatic carbocycles. The number of nitrogens with one attached hydrogen (secondary N) is 1. The molecule has 25 heavy (non-hydrogen) atoms. The molecule has 2 aromatic rings. The summed E-state index contributed by atoms with van der Waals surface area (Å²) >= 11 is 6.09. The van der Waals surface area contributed by atoms with Gasteiger partial charge in [0, 0.05) is 23.7 Å². The van der Waals surface area contributed by atoms with Gasteiger partial charge in [0.05, 0.1) is 11.9 Å². The van der Waals surface area contributed by atoms with Gasteiger partial charge in [0.25, 0.3) is 0 Å². The van der Waals surface area contributed by atoms with Gasteiger partial charge in [-0.15, -0.1) is 0 Å². The van der Waals surface area contributed by atoms with Gasteiger partial charge < -0.3 is 5.32 Å². The van der Waals surface area contributed by atoms with Crippen LogP contribution in [0.3, 0.4) is 0 Å². The Hall–Kier alpha value is -2.05. The van der Waals surface area contributed by atoms with Crippen LogP contribution in [0.2, 0.25) is 5.02 Å². The third kappa shape index (κ3) is 5.47. The van der Waals surface area contributed by atoms with Crippen LogP contribution in [0.15, 0.2) is 42.5 Å². The van der Waals surface area contributed by atoms with E-state index in [1.807, 2.05) is 26.0 Å². The molecule has 0 atom stereocenters. The third-order valence-electron chi connectivity index (χ3n) is 3.72. The van der Waals surface area contributed by atoms with Crippen LogP contribution < -0.4 is 9.62 Å². The Kier molecular flexibility index (Phi) is 6.08. The summed E-state index contributed by atoms with van der Waals surface area (Å²) in [6.07, 6.45) is 1.14. The van der Waals surface area contributed by atoms with Crippen LogP contribution in [0.25, 0.3) is 0 Å². The number of hydrogen-bond donors (Lipinski definition) is 1. The summed E-state index contributed by atoms with van der Waals surface area (Å²) in [5, 5.41) is 3.24. The molecular formula is C18H21ClN2O3S. The largest absolute Gasteiger partial charge is 0.326 e. The van der Waals surface area contributed by atoms with Crippen molar-refractivity contribution >= 4 is 38.9 Å². The molecule has 0 aliphatic rings. The minimum absolute atomic E-state index is 0.0342. The molecule has 2 rings (SSSR count). The van der Waals surface area contributed by atoms with Crippen LogP contribution in [-0.4, -0.2) is 27.1 Å². The first kappa shape index (κ1) is 19.3. The van der Waals surface area contributed by atoms with E-state index in [4.69, 9.17) is 11.6 Å². The molecule has 0 fully saturated rings. The standard InChI is InChI=1S/C18H21ClN2O3S/c1-13-4-7-15(8-5-13)20-18(22)10-11-21(25(3,23)24)16-9-6-14(2)17(19)12-16/h4-9,12H,10-11H2,1-3H3,(H,20,22). The fraction of sp³-hybridized carbons (Fsp3) is 0.278. The first-order valence-electron chi connectivity index (χ1n) is 7.77. The molecule has 0 aromatic heterocycles. The average molecular weight is 381 g/mol. The number of aryl methyl sites for hydroxylation is 2. The molecule has 0 aliphatic carbocycles. The van der Waals surface area contributed by atoms with Gasteiger partial charge in [0.2, 0.25) is 15.9 Å². The second-order valence-corrected chi connectivity index (χ2v) is 8.25. The van der Waals surface area contributed by atoms with E-state index < -0.39 is 10.0 Å². The molecule has 7 heteroatoms. The lowest BCUT2D eigenvalue weighted by atomic mass is 10.2. The topological polar surface area (TPSA) is 66.5 Å². The minimum Gasteiger partial charge on any atom is -0.326 e. The van der Waals surface area contributed by atoms with Crippen molar-refractivity contribution in [2.75, 3.05) is 22.4 Å². The summed E-state index contributed by atoms with van der Waals surface area (Å²) in [5.74, 6) is -0.254. The highest BCUT2D eigenvalue weighted by Crippen LogP contribution is 2.25. The molecule has 0 heterocycles. The summed E-state index contributed by atoms with van der Waals surface area (Å²) in [5.41, 5.74) is 3.08. The number of nitrogens with zero attached hydrogens (tertiary/aromatic N) is 1. The summed E-state index contributed by atoms with van der Waals surface area (Å²) in [4.78, 5) is 12.1. The molecule has 1 N–H and O–H groups in total. The number of carbonyl (C=O) groups excluding carboxylic acids is 1. The predicted molar refractivity (Wildman–Crippen MR) is 103 cm³/mol. The van der Waals surface area contributed by atoms with Crippen molar-refractivity contribution in [2.24, 2.45) is 0 Å². The molecule has 0 bridgehead atoms. The molecular weight excluding hydrogens is 360 g/mol. The monoisotopic (exact) mass is 380 g/mol. The molecule has 0 unspecified atom stereocenters. The second kappa shape index (κ2) is 7.89. The van der Waals surface area contributed by atoms with Crippen LogP contribution >= 0.6 is 11.6 Å². The van der Waals surface area contributed by atoms with E-state index in [9.17, 15) is 13.2 Å². The molecule has 5 nitrogen and oxygen atoms in total. The molecule has 0 aliphatic heterocycles. The van der Waals surface area contributed by atoms with Gasteiger partial charge in [-0.1, -0.05) is 35.4 Å². The summed E-state index contributed by atoms with van der Waals surface area (Å²) in [6.45, 7) is 3.84. The van der Waals surface area contributed by atoms with Gasteiger partial charge in [-0.3, -0.25) is 9.10 Å². The summed E-state index contributed by atoms with van der Waals surface area (Å²) in [7, 11) is -3.53. The van der Waals surface area contributed by atoms with Crippen molar-refractivity contribution < 1.29 is 13.2 Å². The Morgan fingerprint density at radius 1 is 1.12 bits per heavy atom. The Balaban J connectivity index is 2.08. The SMILES string of the molecule is Cc1ccc(NC(=O)CCN(c2ccc(C)c(Cl)c2)S(C)(=O)=O)cc1. The first-order chi connectivity index (χ1) is 11.7. The van der Waals surface area contributed by atoms with Gasteiger partial charge in [-0.05, 0) is 43.7 Å². The van der Waals surface area contributed by atoms with Crippen molar-refractivity contribution in [2.45, 2.75) is 20.3 Å². The number of halogens is 1. The van der Waals surface area contributed by atoms with Crippen molar-refractivity contribution in [1.29, 1.82) is 0 Å². The Morgan fingerprint density at radius 3 is 2.32 bits per heavy atom. The van der Waals surface area contributed by atoms with Gasteiger partial charge in [0.1, 0.15) is 0 Å². The number of rotatable bonds is 6. The van der Waals surface area contributed by atoms with E-state index in [2.05, 4.69) is 5.32 Å². The van der Waals surface area contributed by atoms with E-state index >= 15 is 0 Å². The molecule has 134 valence electrons. The molecule has 0 saturated carbocycles. The number of sulfonamides is 1. The van der Waals surface area contributed by atoms with Crippen molar-refractivity contribution in [3.63, 3.8) is 0 Å². The molecule has 1 amide bonds. The van der Waals surface area contributed by atoms with Crippen LogP contribution in [0.1, 0.15) is 17.5 Å². The lowest BCUT2D eigenvalue weighted by Crippen LogP contribution is -2.33. The smallest absolute Gasteiger partial charge is 0.232 e. The van der Waals surface area contributed by atoms with Gasteiger partial charge in [-0.25, -0.2) is 8.42 Å². The van der Waals surface area contributed by atoms with Crippen LogP contribution in [0.5, 0.6) is 0 Å². The lowest BCUT2D eigenvalue weighted by Gasteiger charge is -2.22. The maximum absolute atomic E-state index is 12.1. The fourth-order valence-corrected chi connectivity index (χ4v) is 3.38.